The SMILES string of the molecule is C/C=c1/cc(-c2ccccc2)o/c1=C/C. The van der Waals surface area contributed by atoms with E-state index in [0.29, 0.717) is 0 Å². The van der Waals surface area contributed by atoms with Crippen molar-refractivity contribution in [3.63, 3.8) is 0 Å². The average Bonchev–Trinajstić information content (AvgIpc) is 2.73. The summed E-state index contributed by atoms with van der Waals surface area (Å²) < 4.78 is 5.75. The minimum Gasteiger partial charge on any atom is -0.456 e. The van der Waals surface area contributed by atoms with E-state index in [9.17, 15) is 0 Å². The van der Waals surface area contributed by atoms with Gasteiger partial charge in [0.25, 0.3) is 0 Å². The molecule has 0 aliphatic heterocycles. The van der Waals surface area contributed by atoms with Crippen molar-refractivity contribution in [3.05, 3.63) is 47.0 Å². The zero-order valence-corrected chi connectivity index (χ0v) is 9.03. The molecule has 1 aromatic carbocycles. The summed E-state index contributed by atoms with van der Waals surface area (Å²) in [7, 11) is 0. The Bertz CT molecular complexity index is 515. The number of hydrogen-bond acceptors (Lipinski definition) is 1. The summed E-state index contributed by atoms with van der Waals surface area (Å²) in [4.78, 5) is 0. The van der Waals surface area contributed by atoms with Gasteiger partial charge in [-0.1, -0.05) is 36.4 Å². The quantitative estimate of drug-likeness (QED) is 0.686. The molecule has 2 rings (SSSR count). The predicted octanol–water partition coefficient (Wildman–Crippen LogP) is 2.55. The van der Waals surface area contributed by atoms with E-state index < -0.39 is 0 Å². The molecule has 0 amide bonds. The van der Waals surface area contributed by atoms with E-state index in [4.69, 9.17) is 4.42 Å². The van der Waals surface area contributed by atoms with Crippen LogP contribution in [0.3, 0.4) is 0 Å². The summed E-state index contributed by atoms with van der Waals surface area (Å²) in [6, 6.07) is 12.2. The van der Waals surface area contributed by atoms with Gasteiger partial charge in [-0.15, -0.1) is 0 Å². The highest BCUT2D eigenvalue weighted by Crippen LogP contribution is 2.15. The van der Waals surface area contributed by atoms with E-state index in [0.717, 1.165) is 22.0 Å². The molecule has 0 aliphatic carbocycles. The zero-order valence-electron chi connectivity index (χ0n) is 9.03. The Kier molecular flexibility index (Phi) is 2.72. The second-order valence-electron chi connectivity index (χ2n) is 3.37. The first-order chi connectivity index (χ1) is 7.35. The average molecular weight is 198 g/mol. The van der Waals surface area contributed by atoms with Gasteiger partial charge >= 0.3 is 0 Å². The van der Waals surface area contributed by atoms with Crippen LogP contribution in [0.2, 0.25) is 0 Å². The van der Waals surface area contributed by atoms with Crippen LogP contribution in [-0.2, 0) is 0 Å². The Morgan fingerprint density at radius 3 is 2.27 bits per heavy atom. The number of rotatable bonds is 1. The van der Waals surface area contributed by atoms with Crippen molar-refractivity contribution in [2.75, 3.05) is 0 Å². The maximum atomic E-state index is 5.75. The second-order valence-corrected chi connectivity index (χ2v) is 3.37. The lowest BCUT2D eigenvalue weighted by atomic mass is 10.2. The van der Waals surface area contributed by atoms with Crippen molar-refractivity contribution in [2.24, 2.45) is 0 Å². The highest BCUT2D eigenvalue weighted by molar-refractivity contribution is 5.57. The summed E-state index contributed by atoms with van der Waals surface area (Å²) in [5.74, 6) is 0.928. The molecule has 0 spiro atoms. The molecule has 2 aromatic rings. The van der Waals surface area contributed by atoms with Crippen LogP contribution in [0.25, 0.3) is 23.5 Å². The molecule has 1 heterocycles. The minimum absolute atomic E-state index is 0.928. The van der Waals surface area contributed by atoms with Crippen molar-refractivity contribution in [2.45, 2.75) is 13.8 Å². The summed E-state index contributed by atoms with van der Waals surface area (Å²) in [5, 5.41) is 1.15. The van der Waals surface area contributed by atoms with Gasteiger partial charge in [0.1, 0.15) is 11.2 Å². The van der Waals surface area contributed by atoms with Crippen LogP contribution in [0.5, 0.6) is 0 Å². The topological polar surface area (TPSA) is 13.1 Å². The lowest BCUT2D eigenvalue weighted by Crippen LogP contribution is -2.17. The fourth-order valence-electron chi connectivity index (χ4n) is 1.62. The van der Waals surface area contributed by atoms with Gasteiger partial charge in [-0.2, -0.15) is 0 Å². The van der Waals surface area contributed by atoms with Gasteiger partial charge in [0.2, 0.25) is 0 Å². The number of hydrogen-bond donors (Lipinski definition) is 0. The van der Waals surface area contributed by atoms with Gasteiger partial charge in [0.05, 0.1) is 0 Å². The molecule has 1 nitrogen and oxygen atoms in total. The van der Waals surface area contributed by atoms with Crippen LogP contribution in [0, 0.1) is 0 Å². The van der Waals surface area contributed by atoms with Crippen LogP contribution in [-0.4, -0.2) is 0 Å². The molecule has 0 saturated carbocycles. The minimum atomic E-state index is 0.928. The Morgan fingerprint density at radius 2 is 1.73 bits per heavy atom. The Hall–Kier alpha value is -1.76. The molecule has 1 heteroatoms. The van der Waals surface area contributed by atoms with Crippen molar-refractivity contribution < 1.29 is 4.42 Å². The largest absolute Gasteiger partial charge is 0.456 e. The van der Waals surface area contributed by atoms with Gasteiger partial charge in [-0.25, -0.2) is 0 Å². The smallest absolute Gasteiger partial charge is 0.135 e. The second kappa shape index (κ2) is 4.18. The highest BCUT2D eigenvalue weighted by atomic mass is 16.3. The summed E-state index contributed by atoms with van der Waals surface area (Å²) in [6.45, 7) is 4.01. The first-order valence-electron chi connectivity index (χ1n) is 5.13. The summed E-state index contributed by atoms with van der Waals surface area (Å²) >= 11 is 0. The van der Waals surface area contributed by atoms with Gasteiger partial charge in [0.15, 0.2) is 0 Å². The molecular formula is C14H14O. The Labute approximate surface area is 89.4 Å². The lowest BCUT2D eigenvalue weighted by molar-refractivity contribution is 0.544. The van der Waals surface area contributed by atoms with Crippen LogP contribution >= 0.6 is 0 Å². The molecule has 0 atom stereocenters. The molecule has 0 aliphatic rings. The normalized spacial score (nSPS) is 13.5. The standard InChI is InChI=1S/C14H14O/c1-3-11-10-14(15-13(11)4-2)12-8-6-5-7-9-12/h3-10H,1-2H3/b11-3-,13-4+. The van der Waals surface area contributed by atoms with E-state index in [2.05, 4.69) is 24.3 Å². The van der Waals surface area contributed by atoms with Gasteiger partial charge in [-0.3, -0.25) is 0 Å². The van der Waals surface area contributed by atoms with Crippen molar-refractivity contribution in [1.82, 2.24) is 0 Å². The van der Waals surface area contributed by atoms with Gasteiger partial charge in [-0.05, 0) is 26.0 Å². The molecule has 0 unspecified atom stereocenters. The highest BCUT2D eigenvalue weighted by Gasteiger charge is 2.00. The predicted molar refractivity (Wildman–Crippen MR) is 63.7 cm³/mol. The zero-order chi connectivity index (χ0) is 10.7. The van der Waals surface area contributed by atoms with E-state index in [1.54, 1.807) is 0 Å². The van der Waals surface area contributed by atoms with E-state index >= 15 is 0 Å². The number of furan rings is 1. The molecule has 0 N–H and O–H groups in total. The third kappa shape index (κ3) is 1.86. The third-order valence-corrected chi connectivity index (χ3v) is 2.42. The fourth-order valence-corrected chi connectivity index (χ4v) is 1.62. The Morgan fingerprint density at radius 1 is 1.00 bits per heavy atom. The lowest BCUT2D eigenvalue weighted by Gasteiger charge is -1.93. The molecular weight excluding hydrogens is 184 g/mol. The van der Waals surface area contributed by atoms with Crippen molar-refractivity contribution in [3.8, 4) is 11.3 Å². The number of benzene rings is 1. The van der Waals surface area contributed by atoms with Gasteiger partial charge < -0.3 is 4.42 Å². The van der Waals surface area contributed by atoms with E-state index in [1.807, 2.05) is 38.1 Å². The van der Waals surface area contributed by atoms with Crippen molar-refractivity contribution >= 4 is 12.2 Å². The van der Waals surface area contributed by atoms with E-state index in [-0.39, 0.29) is 0 Å². The molecule has 1 aromatic heterocycles. The van der Waals surface area contributed by atoms with Gasteiger partial charge in [0, 0.05) is 10.8 Å². The van der Waals surface area contributed by atoms with Crippen LogP contribution in [0.1, 0.15) is 13.8 Å². The molecule has 0 saturated heterocycles. The molecule has 76 valence electrons. The molecule has 0 bridgehead atoms. The van der Waals surface area contributed by atoms with Crippen molar-refractivity contribution in [1.29, 1.82) is 0 Å². The monoisotopic (exact) mass is 198 g/mol. The maximum absolute atomic E-state index is 5.75. The summed E-state index contributed by atoms with van der Waals surface area (Å²) in [6.07, 6.45) is 4.05. The molecule has 0 fully saturated rings. The third-order valence-electron chi connectivity index (χ3n) is 2.42. The van der Waals surface area contributed by atoms with Crippen LogP contribution in [0.15, 0.2) is 40.8 Å². The van der Waals surface area contributed by atoms with E-state index in [1.165, 1.54) is 0 Å². The Balaban J connectivity index is 2.62. The van der Waals surface area contributed by atoms with Crippen LogP contribution in [0.4, 0.5) is 0 Å². The fraction of sp³-hybridized carbons (Fsp3) is 0.143. The first kappa shape index (κ1) is 9.78. The van der Waals surface area contributed by atoms with Crippen LogP contribution < -0.4 is 10.6 Å². The summed E-state index contributed by atoms with van der Waals surface area (Å²) in [5.41, 5.74) is 2.06. The first-order valence-corrected chi connectivity index (χ1v) is 5.13. The maximum Gasteiger partial charge on any atom is 0.135 e. The molecule has 15 heavy (non-hydrogen) atoms. The molecule has 0 radical (unpaired) electrons.